The highest BCUT2D eigenvalue weighted by Crippen LogP contribution is 2.40. The summed E-state index contributed by atoms with van der Waals surface area (Å²) in [5.41, 5.74) is -0.624. The number of halogens is 5. The van der Waals surface area contributed by atoms with Crippen LogP contribution >= 0.6 is 11.6 Å². The standard InChI is InChI=1S/C22H23ClF4N2O5/c1-3-34-20(22(25,26)27)15-6-4-12(13(11-33-2)9-19(30)31)8-18(15)29-21(32)28-17-7-5-14(23)10-16(17)24/h4-8,10,13,20H,3,9,11H2,1-2H3,(H,30,31)(H2,28,29,32)/t13?,20-/m1/s1. The van der Waals surface area contributed by atoms with Gasteiger partial charge in [-0.25, -0.2) is 9.18 Å². The van der Waals surface area contributed by atoms with Gasteiger partial charge in [0, 0.05) is 35.9 Å². The molecule has 2 atom stereocenters. The lowest BCUT2D eigenvalue weighted by Gasteiger charge is -2.25. The summed E-state index contributed by atoms with van der Waals surface area (Å²) in [6, 6.07) is 6.08. The molecule has 0 fully saturated rings. The minimum Gasteiger partial charge on any atom is -0.481 e. The van der Waals surface area contributed by atoms with Crippen molar-refractivity contribution >= 4 is 35.0 Å². The average molecular weight is 507 g/mol. The first-order valence-corrected chi connectivity index (χ1v) is 10.4. The lowest BCUT2D eigenvalue weighted by molar-refractivity contribution is -0.222. The second-order valence-corrected chi connectivity index (χ2v) is 7.61. The smallest absolute Gasteiger partial charge is 0.418 e. The molecular weight excluding hydrogens is 484 g/mol. The number of aliphatic carboxylic acids is 1. The Morgan fingerprint density at radius 1 is 1.12 bits per heavy atom. The van der Waals surface area contributed by atoms with Crippen LogP contribution in [0, 0.1) is 5.82 Å². The maximum absolute atomic E-state index is 14.0. The minimum atomic E-state index is -4.81. The van der Waals surface area contributed by atoms with Gasteiger partial charge in [0.1, 0.15) is 5.82 Å². The van der Waals surface area contributed by atoms with E-state index in [9.17, 15) is 27.2 Å². The van der Waals surface area contributed by atoms with Crippen molar-refractivity contribution in [3.63, 3.8) is 0 Å². The van der Waals surface area contributed by atoms with Crippen LogP contribution in [-0.2, 0) is 14.3 Å². The number of hydrogen-bond acceptors (Lipinski definition) is 4. The molecule has 0 bridgehead atoms. The molecular formula is C22H23ClF4N2O5. The van der Waals surface area contributed by atoms with Gasteiger partial charge in [0.05, 0.1) is 18.7 Å². The Morgan fingerprint density at radius 3 is 2.35 bits per heavy atom. The van der Waals surface area contributed by atoms with Gasteiger partial charge < -0.3 is 25.2 Å². The summed E-state index contributed by atoms with van der Waals surface area (Å²) in [7, 11) is 1.35. The van der Waals surface area contributed by atoms with Gasteiger partial charge in [0.15, 0.2) is 6.10 Å². The van der Waals surface area contributed by atoms with Crippen molar-refractivity contribution in [3.05, 3.63) is 58.4 Å². The van der Waals surface area contributed by atoms with E-state index in [2.05, 4.69) is 10.6 Å². The van der Waals surface area contributed by atoms with Gasteiger partial charge in [-0.2, -0.15) is 13.2 Å². The van der Waals surface area contributed by atoms with Crippen LogP contribution in [0.3, 0.4) is 0 Å². The lowest BCUT2D eigenvalue weighted by atomic mass is 9.93. The molecule has 2 rings (SSSR count). The normalized spacial score (nSPS) is 13.3. The van der Waals surface area contributed by atoms with Crippen molar-refractivity contribution in [2.24, 2.45) is 0 Å². The second-order valence-electron chi connectivity index (χ2n) is 7.18. The predicted molar refractivity (Wildman–Crippen MR) is 118 cm³/mol. The molecule has 34 heavy (non-hydrogen) atoms. The number of carboxylic acid groups (broad SMARTS) is 1. The number of anilines is 2. The molecule has 0 aliphatic carbocycles. The number of nitrogens with one attached hydrogen (secondary N) is 2. The van der Waals surface area contributed by atoms with Gasteiger partial charge in [-0.3, -0.25) is 4.79 Å². The Labute approximate surface area is 198 Å². The Hall–Kier alpha value is -2.89. The molecule has 0 saturated carbocycles. The zero-order chi connectivity index (χ0) is 25.5. The number of carboxylic acids is 1. The number of hydrogen-bond donors (Lipinski definition) is 3. The molecule has 3 N–H and O–H groups in total. The van der Waals surface area contributed by atoms with Crippen molar-refractivity contribution in [3.8, 4) is 0 Å². The molecule has 0 radical (unpaired) electrons. The molecule has 2 amide bonds. The first kappa shape index (κ1) is 27.4. The summed E-state index contributed by atoms with van der Waals surface area (Å²) < 4.78 is 65.0. The number of urea groups is 1. The van der Waals surface area contributed by atoms with Crippen molar-refractivity contribution in [2.45, 2.75) is 31.5 Å². The van der Waals surface area contributed by atoms with Crippen LogP contribution in [0.25, 0.3) is 0 Å². The molecule has 0 aromatic heterocycles. The Balaban J connectivity index is 2.47. The van der Waals surface area contributed by atoms with Crippen molar-refractivity contribution in [1.82, 2.24) is 0 Å². The average Bonchev–Trinajstić information content (AvgIpc) is 2.73. The van der Waals surface area contributed by atoms with E-state index in [0.717, 1.165) is 12.1 Å². The van der Waals surface area contributed by atoms with Crippen LogP contribution in [-0.4, -0.2) is 43.6 Å². The van der Waals surface area contributed by atoms with Gasteiger partial charge in [0.25, 0.3) is 0 Å². The molecule has 186 valence electrons. The van der Waals surface area contributed by atoms with Crippen LogP contribution in [0.15, 0.2) is 36.4 Å². The quantitative estimate of drug-likeness (QED) is 0.345. The minimum absolute atomic E-state index is 0.0264. The monoisotopic (exact) mass is 506 g/mol. The highest BCUT2D eigenvalue weighted by atomic mass is 35.5. The molecule has 0 saturated heterocycles. The molecule has 2 aromatic rings. The van der Waals surface area contributed by atoms with E-state index in [1.165, 1.54) is 38.3 Å². The van der Waals surface area contributed by atoms with Crippen LogP contribution in [0.5, 0.6) is 0 Å². The highest BCUT2D eigenvalue weighted by molar-refractivity contribution is 6.30. The van der Waals surface area contributed by atoms with Crippen molar-refractivity contribution < 1.29 is 41.7 Å². The number of carbonyl (C=O) groups is 2. The summed E-state index contributed by atoms with van der Waals surface area (Å²) >= 11 is 5.68. The number of methoxy groups -OCH3 is 1. The highest BCUT2D eigenvalue weighted by Gasteiger charge is 2.43. The van der Waals surface area contributed by atoms with Crippen LogP contribution in [0.1, 0.15) is 36.5 Å². The molecule has 1 unspecified atom stereocenters. The number of alkyl halides is 3. The van der Waals surface area contributed by atoms with Crippen LogP contribution in [0.2, 0.25) is 5.02 Å². The number of benzene rings is 2. The Kier molecular flexibility index (Phi) is 9.66. The maximum Gasteiger partial charge on any atom is 0.418 e. The van der Waals surface area contributed by atoms with Crippen LogP contribution in [0.4, 0.5) is 33.7 Å². The van der Waals surface area contributed by atoms with Crippen LogP contribution < -0.4 is 10.6 Å². The molecule has 0 aliphatic heterocycles. The third-order valence-corrected chi connectivity index (χ3v) is 4.91. The fourth-order valence-electron chi connectivity index (χ4n) is 3.24. The fraction of sp³-hybridized carbons (Fsp3) is 0.364. The fourth-order valence-corrected chi connectivity index (χ4v) is 3.40. The van der Waals surface area contributed by atoms with E-state index in [1.54, 1.807) is 0 Å². The van der Waals surface area contributed by atoms with Gasteiger partial charge in [-0.05, 0) is 36.8 Å². The third kappa shape index (κ3) is 7.57. The van der Waals surface area contributed by atoms with E-state index in [0.29, 0.717) is 5.56 Å². The molecule has 2 aromatic carbocycles. The molecule has 0 aliphatic rings. The third-order valence-electron chi connectivity index (χ3n) is 4.68. The number of ether oxygens (including phenoxy) is 2. The molecule has 0 spiro atoms. The molecule has 12 heteroatoms. The van der Waals surface area contributed by atoms with E-state index < -0.39 is 41.6 Å². The van der Waals surface area contributed by atoms with Gasteiger partial charge >= 0.3 is 18.2 Å². The number of carbonyl (C=O) groups excluding carboxylic acids is 1. The first-order valence-electron chi connectivity index (χ1n) is 10.0. The first-order chi connectivity index (χ1) is 16.0. The number of rotatable bonds is 10. The van der Waals surface area contributed by atoms with Crippen molar-refractivity contribution in [1.29, 1.82) is 0 Å². The summed E-state index contributed by atoms with van der Waals surface area (Å²) in [5.74, 6) is -2.69. The van der Waals surface area contributed by atoms with Crippen molar-refractivity contribution in [2.75, 3.05) is 31.0 Å². The van der Waals surface area contributed by atoms with E-state index in [4.69, 9.17) is 26.2 Å². The van der Waals surface area contributed by atoms with E-state index in [-0.39, 0.29) is 36.0 Å². The summed E-state index contributed by atoms with van der Waals surface area (Å²) in [4.78, 5) is 23.7. The maximum atomic E-state index is 14.0. The lowest BCUT2D eigenvalue weighted by Crippen LogP contribution is -2.27. The summed E-state index contributed by atoms with van der Waals surface area (Å²) in [6.45, 7) is 1.10. The van der Waals surface area contributed by atoms with E-state index >= 15 is 0 Å². The Morgan fingerprint density at radius 2 is 1.79 bits per heavy atom. The zero-order valence-electron chi connectivity index (χ0n) is 18.2. The van der Waals surface area contributed by atoms with Gasteiger partial charge in [0.2, 0.25) is 0 Å². The SMILES string of the molecule is CCO[C@H](c1ccc(C(COC)CC(=O)O)cc1NC(=O)Nc1ccc(Cl)cc1F)C(F)(F)F. The molecule has 0 heterocycles. The topological polar surface area (TPSA) is 96.9 Å². The largest absolute Gasteiger partial charge is 0.481 e. The number of amides is 2. The summed E-state index contributed by atoms with van der Waals surface area (Å²) in [6.07, 6.45) is -7.53. The van der Waals surface area contributed by atoms with Gasteiger partial charge in [-0.1, -0.05) is 23.7 Å². The predicted octanol–water partition coefficient (Wildman–Crippen LogP) is 5.97. The second kappa shape index (κ2) is 12.0. The summed E-state index contributed by atoms with van der Waals surface area (Å²) in [5, 5.41) is 13.7. The molecule has 7 nitrogen and oxygen atoms in total. The zero-order valence-corrected chi connectivity index (χ0v) is 19.0. The van der Waals surface area contributed by atoms with E-state index in [1.807, 2.05) is 0 Å². The van der Waals surface area contributed by atoms with Gasteiger partial charge in [-0.15, -0.1) is 0 Å². The Bertz CT molecular complexity index is 1020.